The Bertz CT molecular complexity index is 505. The Morgan fingerprint density at radius 3 is 2.41 bits per heavy atom. The molecule has 3 rings (SSSR count). The monoisotopic (exact) mass is 309 g/mol. The minimum absolute atomic E-state index is 0.0114. The number of amides is 1. The van der Waals surface area contributed by atoms with Gasteiger partial charge in [-0.2, -0.15) is 0 Å². The van der Waals surface area contributed by atoms with Gasteiger partial charge in [0.1, 0.15) is 0 Å². The lowest BCUT2D eigenvalue weighted by atomic mass is 9.85. The second-order valence-corrected chi connectivity index (χ2v) is 6.19. The van der Waals surface area contributed by atoms with Crippen LogP contribution < -0.4 is 4.90 Å². The molecule has 1 heterocycles. The topological polar surface area (TPSA) is 29.5 Å². The summed E-state index contributed by atoms with van der Waals surface area (Å²) in [6, 6.07) is 9.48. The van der Waals surface area contributed by atoms with Crippen molar-refractivity contribution in [3.05, 3.63) is 30.3 Å². The zero-order valence-electron chi connectivity index (χ0n) is 12.5. The van der Waals surface area contributed by atoms with E-state index >= 15 is 0 Å². The summed E-state index contributed by atoms with van der Waals surface area (Å²) in [5, 5.41) is 0. The van der Waals surface area contributed by atoms with E-state index in [9.17, 15) is 13.6 Å². The molecule has 1 aromatic rings. The van der Waals surface area contributed by atoms with Gasteiger partial charge in [0.15, 0.2) is 0 Å². The van der Waals surface area contributed by atoms with Crippen LogP contribution in [0.2, 0.25) is 0 Å². The summed E-state index contributed by atoms with van der Waals surface area (Å²) in [5.41, 5.74) is 0.834. The first-order valence-electron chi connectivity index (χ1n) is 7.90. The number of rotatable bonds is 3. The van der Waals surface area contributed by atoms with Gasteiger partial charge in [-0.05, 0) is 31.4 Å². The molecule has 0 radical (unpaired) electrons. The smallest absolute Gasteiger partial charge is 0.248 e. The maximum Gasteiger partial charge on any atom is 0.248 e. The number of carbonyl (C=O) groups is 1. The van der Waals surface area contributed by atoms with Crippen molar-refractivity contribution in [1.82, 2.24) is 0 Å². The molecule has 1 amide bonds. The number of alkyl halides is 2. The molecular weight excluding hydrogens is 288 g/mol. The average Bonchev–Trinajstić information content (AvgIpc) is 3.02. The van der Waals surface area contributed by atoms with Gasteiger partial charge in [0, 0.05) is 31.1 Å². The number of halogens is 2. The Morgan fingerprint density at radius 2 is 1.82 bits per heavy atom. The molecule has 1 aliphatic heterocycles. The van der Waals surface area contributed by atoms with Gasteiger partial charge >= 0.3 is 0 Å². The number of ether oxygens (including phenoxy) is 1. The Balaban J connectivity index is 1.78. The molecule has 120 valence electrons. The van der Waals surface area contributed by atoms with E-state index in [0.29, 0.717) is 13.2 Å². The highest BCUT2D eigenvalue weighted by Crippen LogP contribution is 2.38. The Kier molecular flexibility index (Phi) is 4.43. The van der Waals surface area contributed by atoms with Gasteiger partial charge in [-0.3, -0.25) is 4.79 Å². The SMILES string of the molecule is O=C(C1CCC(F)(F)CC1)N(c1ccccc1)[C@H]1CCOC1. The Morgan fingerprint density at radius 1 is 1.14 bits per heavy atom. The average molecular weight is 309 g/mol. The molecule has 0 N–H and O–H groups in total. The standard InChI is InChI=1S/C17H21F2NO2/c18-17(19)9-6-13(7-10-17)16(21)20(15-8-11-22-12-15)14-4-2-1-3-5-14/h1-5,13,15H,6-12H2/t15-/m0/s1. The van der Waals surface area contributed by atoms with Gasteiger partial charge in [0.2, 0.25) is 11.8 Å². The predicted octanol–water partition coefficient (Wildman–Crippen LogP) is 3.63. The van der Waals surface area contributed by atoms with Gasteiger partial charge in [0.25, 0.3) is 0 Å². The van der Waals surface area contributed by atoms with E-state index in [-0.39, 0.29) is 43.6 Å². The number of hydrogen-bond acceptors (Lipinski definition) is 2. The lowest BCUT2D eigenvalue weighted by Crippen LogP contribution is -2.45. The summed E-state index contributed by atoms with van der Waals surface area (Å²) >= 11 is 0. The summed E-state index contributed by atoms with van der Waals surface area (Å²) < 4.78 is 32.1. The summed E-state index contributed by atoms with van der Waals surface area (Å²) in [4.78, 5) is 14.7. The van der Waals surface area contributed by atoms with Gasteiger partial charge in [-0.15, -0.1) is 0 Å². The Labute approximate surface area is 129 Å². The van der Waals surface area contributed by atoms with E-state index < -0.39 is 5.92 Å². The highest BCUT2D eigenvalue weighted by molar-refractivity contribution is 5.95. The molecule has 0 spiro atoms. The number of hydrogen-bond donors (Lipinski definition) is 0. The molecule has 1 aliphatic carbocycles. The molecular formula is C17H21F2NO2. The van der Waals surface area contributed by atoms with Crippen LogP contribution in [0.4, 0.5) is 14.5 Å². The van der Waals surface area contributed by atoms with Crippen molar-refractivity contribution in [2.24, 2.45) is 5.92 Å². The van der Waals surface area contributed by atoms with Crippen molar-refractivity contribution >= 4 is 11.6 Å². The van der Waals surface area contributed by atoms with Crippen molar-refractivity contribution in [1.29, 1.82) is 0 Å². The van der Waals surface area contributed by atoms with E-state index in [4.69, 9.17) is 4.74 Å². The zero-order valence-corrected chi connectivity index (χ0v) is 12.5. The summed E-state index contributed by atoms with van der Waals surface area (Å²) in [6.45, 7) is 1.16. The highest BCUT2D eigenvalue weighted by Gasteiger charge is 2.40. The molecule has 3 nitrogen and oxygen atoms in total. The third kappa shape index (κ3) is 3.29. The Hall–Kier alpha value is -1.49. The van der Waals surface area contributed by atoms with Crippen LogP contribution in [0.25, 0.3) is 0 Å². The van der Waals surface area contributed by atoms with Gasteiger partial charge in [-0.25, -0.2) is 8.78 Å². The van der Waals surface area contributed by atoms with E-state index in [1.165, 1.54) is 0 Å². The van der Waals surface area contributed by atoms with E-state index in [2.05, 4.69) is 0 Å². The summed E-state index contributed by atoms with van der Waals surface area (Å²) in [7, 11) is 0. The molecule has 0 aromatic heterocycles. The maximum absolute atomic E-state index is 13.3. The fourth-order valence-corrected chi connectivity index (χ4v) is 3.32. The lowest BCUT2D eigenvalue weighted by molar-refractivity contribution is -0.127. The third-order valence-corrected chi connectivity index (χ3v) is 4.61. The first-order chi connectivity index (χ1) is 10.6. The lowest BCUT2D eigenvalue weighted by Gasteiger charge is -2.34. The molecule has 2 aliphatic rings. The van der Waals surface area contributed by atoms with Crippen LogP contribution in [-0.2, 0) is 9.53 Å². The minimum Gasteiger partial charge on any atom is -0.379 e. The molecule has 5 heteroatoms. The molecule has 2 fully saturated rings. The summed E-state index contributed by atoms with van der Waals surface area (Å²) in [5.74, 6) is -2.94. The van der Waals surface area contributed by atoms with Crippen LogP contribution in [0.1, 0.15) is 32.1 Å². The molecule has 1 saturated carbocycles. The fourth-order valence-electron chi connectivity index (χ4n) is 3.32. The van der Waals surface area contributed by atoms with Crippen LogP contribution in [-0.4, -0.2) is 31.1 Å². The third-order valence-electron chi connectivity index (χ3n) is 4.61. The van der Waals surface area contributed by atoms with Gasteiger partial charge in [0.05, 0.1) is 12.6 Å². The summed E-state index contributed by atoms with van der Waals surface area (Å²) in [6.07, 6.45) is 0.954. The number of carbonyl (C=O) groups excluding carboxylic acids is 1. The van der Waals surface area contributed by atoms with Crippen LogP contribution in [0.15, 0.2) is 30.3 Å². The van der Waals surface area contributed by atoms with Crippen molar-refractivity contribution in [3.8, 4) is 0 Å². The number of nitrogens with zero attached hydrogens (tertiary/aromatic N) is 1. The van der Waals surface area contributed by atoms with Gasteiger partial charge < -0.3 is 9.64 Å². The number of anilines is 1. The quantitative estimate of drug-likeness (QED) is 0.853. The number of benzene rings is 1. The van der Waals surface area contributed by atoms with E-state index in [1.807, 2.05) is 30.3 Å². The maximum atomic E-state index is 13.3. The van der Waals surface area contributed by atoms with Crippen LogP contribution in [0.3, 0.4) is 0 Å². The van der Waals surface area contributed by atoms with E-state index in [0.717, 1.165) is 12.1 Å². The highest BCUT2D eigenvalue weighted by atomic mass is 19.3. The first-order valence-corrected chi connectivity index (χ1v) is 7.90. The van der Waals surface area contributed by atoms with Crippen LogP contribution in [0, 0.1) is 5.92 Å². The van der Waals surface area contributed by atoms with E-state index in [1.54, 1.807) is 4.90 Å². The number of para-hydroxylation sites is 1. The molecule has 1 atom stereocenters. The van der Waals surface area contributed by atoms with Crippen LogP contribution in [0.5, 0.6) is 0 Å². The fraction of sp³-hybridized carbons (Fsp3) is 0.588. The predicted molar refractivity (Wildman–Crippen MR) is 80.1 cm³/mol. The molecule has 1 saturated heterocycles. The van der Waals surface area contributed by atoms with Crippen molar-refractivity contribution < 1.29 is 18.3 Å². The molecule has 0 bridgehead atoms. The molecule has 22 heavy (non-hydrogen) atoms. The first kappa shape index (κ1) is 15.4. The van der Waals surface area contributed by atoms with Crippen LogP contribution >= 0.6 is 0 Å². The normalized spacial score (nSPS) is 25.1. The second kappa shape index (κ2) is 6.32. The minimum atomic E-state index is -2.61. The molecule has 1 aromatic carbocycles. The molecule has 0 unspecified atom stereocenters. The van der Waals surface area contributed by atoms with Crippen molar-refractivity contribution in [3.63, 3.8) is 0 Å². The zero-order chi connectivity index (χ0) is 15.6. The second-order valence-electron chi connectivity index (χ2n) is 6.19. The largest absolute Gasteiger partial charge is 0.379 e. The van der Waals surface area contributed by atoms with Crippen molar-refractivity contribution in [2.45, 2.75) is 44.1 Å². The van der Waals surface area contributed by atoms with Gasteiger partial charge in [-0.1, -0.05) is 18.2 Å². The van der Waals surface area contributed by atoms with Crippen molar-refractivity contribution in [2.75, 3.05) is 18.1 Å².